The van der Waals surface area contributed by atoms with E-state index in [1.54, 1.807) is 7.11 Å². The fourth-order valence-corrected chi connectivity index (χ4v) is 1.60. The Morgan fingerprint density at radius 3 is 2.62 bits per heavy atom. The van der Waals surface area contributed by atoms with Gasteiger partial charge in [0.15, 0.2) is 5.82 Å². The molecule has 1 aromatic rings. The van der Waals surface area contributed by atoms with E-state index in [0.717, 1.165) is 18.6 Å². The maximum atomic E-state index is 13.4. The van der Waals surface area contributed by atoms with Crippen LogP contribution in [0, 0.1) is 11.6 Å². The van der Waals surface area contributed by atoms with Gasteiger partial charge in [0.1, 0.15) is 5.82 Å². The van der Waals surface area contributed by atoms with E-state index in [1.807, 2.05) is 6.92 Å². The first kappa shape index (κ1) is 13.2. The van der Waals surface area contributed by atoms with E-state index >= 15 is 0 Å². The predicted octanol–water partition coefficient (Wildman–Crippen LogP) is 3.46. The summed E-state index contributed by atoms with van der Waals surface area (Å²) in [6, 6.07) is 1.82. The molecule has 1 unspecified atom stereocenters. The average molecular weight is 250 g/mol. The molecule has 0 fully saturated rings. The standard InChI is InChI=1S/C11H14ClF2NO/c1-3-8(6-16-2)15-11-9(12)4-7(13)5-10(11)14/h4-5,8,15H,3,6H2,1-2H3. The van der Waals surface area contributed by atoms with Gasteiger partial charge in [0.05, 0.1) is 17.3 Å². The molecule has 0 spiro atoms. The lowest BCUT2D eigenvalue weighted by Gasteiger charge is -2.18. The van der Waals surface area contributed by atoms with Crippen molar-refractivity contribution >= 4 is 17.3 Å². The lowest BCUT2D eigenvalue weighted by atomic mass is 10.2. The van der Waals surface area contributed by atoms with Crippen molar-refractivity contribution in [3.05, 3.63) is 28.8 Å². The van der Waals surface area contributed by atoms with Crippen LogP contribution in [-0.4, -0.2) is 19.8 Å². The molecule has 0 aromatic heterocycles. The van der Waals surface area contributed by atoms with Crippen molar-refractivity contribution in [2.24, 2.45) is 0 Å². The summed E-state index contributed by atoms with van der Waals surface area (Å²) in [5.41, 5.74) is 0.118. The molecule has 1 rings (SSSR count). The van der Waals surface area contributed by atoms with Gasteiger partial charge in [-0.05, 0) is 12.5 Å². The van der Waals surface area contributed by atoms with Gasteiger partial charge in [0, 0.05) is 19.2 Å². The SMILES string of the molecule is CCC(COC)Nc1c(F)cc(F)cc1Cl. The monoisotopic (exact) mass is 249 g/mol. The summed E-state index contributed by atoms with van der Waals surface area (Å²) >= 11 is 5.75. The van der Waals surface area contributed by atoms with E-state index in [0.29, 0.717) is 6.61 Å². The number of ether oxygens (including phenoxy) is 1. The molecular formula is C11H14ClF2NO. The van der Waals surface area contributed by atoms with E-state index in [4.69, 9.17) is 16.3 Å². The Bertz CT molecular complexity index is 337. The van der Waals surface area contributed by atoms with Gasteiger partial charge in [-0.15, -0.1) is 0 Å². The highest BCUT2D eigenvalue weighted by molar-refractivity contribution is 6.33. The first-order valence-corrected chi connectivity index (χ1v) is 5.36. The molecule has 0 saturated carbocycles. The van der Waals surface area contributed by atoms with E-state index in [9.17, 15) is 8.78 Å². The van der Waals surface area contributed by atoms with Crippen molar-refractivity contribution in [3.8, 4) is 0 Å². The van der Waals surface area contributed by atoms with Gasteiger partial charge >= 0.3 is 0 Å². The molecule has 5 heteroatoms. The third-order valence-electron chi connectivity index (χ3n) is 2.22. The maximum absolute atomic E-state index is 13.4. The molecule has 1 aromatic carbocycles. The molecular weight excluding hydrogens is 236 g/mol. The van der Waals surface area contributed by atoms with Crippen LogP contribution < -0.4 is 5.32 Å². The smallest absolute Gasteiger partial charge is 0.150 e. The quantitative estimate of drug-likeness (QED) is 0.863. The number of nitrogens with one attached hydrogen (secondary N) is 1. The molecule has 0 aliphatic rings. The summed E-state index contributed by atoms with van der Waals surface area (Å²) < 4.78 is 31.2. The molecule has 0 saturated heterocycles. The average Bonchev–Trinajstić information content (AvgIpc) is 2.21. The summed E-state index contributed by atoms with van der Waals surface area (Å²) in [4.78, 5) is 0. The van der Waals surface area contributed by atoms with Crippen molar-refractivity contribution in [2.45, 2.75) is 19.4 Å². The third-order valence-corrected chi connectivity index (χ3v) is 2.51. The van der Waals surface area contributed by atoms with Gasteiger partial charge in [-0.3, -0.25) is 0 Å². The number of hydrogen-bond acceptors (Lipinski definition) is 2. The van der Waals surface area contributed by atoms with Crippen molar-refractivity contribution in [1.82, 2.24) is 0 Å². The Morgan fingerprint density at radius 2 is 2.12 bits per heavy atom. The fourth-order valence-electron chi connectivity index (χ4n) is 1.35. The number of hydrogen-bond donors (Lipinski definition) is 1. The molecule has 1 N–H and O–H groups in total. The minimum atomic E-state index is -0.695. The fraction of sp³-hybridized carbons (Fsp3) is 0.455. The Kier molecular flexibility index (Phi) is 4.96. The van der Waals surface area contributed by atoms with Crippen molar-refractivity contribution in [2.75, 3.05) is 19.0 Å². The third kappa shape index (κ3) is 3.32. The predicted molar refractivity (Wildman–Crippen MR) is 60.9 cm³/mol. The summed E-state index contributed by atoms with van der Waals surface area (Å²) in [5, 5.41) is 2.93. The van der Waals surface area contributed by atoms with Crippen molar-refractivity contribution in [1.29, 1.82) is 0 Å². The van der Waals surface area contributed by atoms with Crippen molar-refractivity contribution < 1.29 is 13.5 Å². The molecule has 0 heterocycles. The summed E-state index contributed by atoms with van der Waals surface area (Å²) in [6.45, 7) is 2.37. The lowest BCUT2D eigenvalue weighted by molar-refractivity contribution is 0.184. The highest BCUT2D eigenvalue weighted by atomic mass is 35.5. The van der Waals surface area contributed by atoms with Crippen LogP contribution >= 0.6 is 11.6 Å². The number of anilines is 1. The summed E-state index contributed by atoms with van der Waals surface area (Å²) in [6.07, 6.45) is 0.751. The number of halogens is 3. The normalized spacial score (nSPS) is 12.6. The number of benzene rings is 1. The molecule has 16 heavy (non-hydrogen) atoms. The van der Waals surface area contributed by atoms with E-state index in [1.165, 1.54) is 0 Å². The topological polar surface area (TPSA) is 21.3 Å². The van der Waals surface area contributed by atoms with Crippen LogP contribution in [0.2, 0.25) is 5.02 Å². The number of rotatable bonds is 5. The molecule has 90 valence electrons. The summed E-state index contributed by atoms with van der Waals surface area (Å²) in [5.74, 6) is -1.38. The second-order valence-electron chi connectivity index (χ2n) is 3.45. The second kappa shape index (κ2) is 6.01. The van der Waals surface area contributed by atoms with Crippen molar-refractivity contribution in [3.63, 3.8) is 0 Å². The zero-order valence-corrected chi connectivity index (χ0v) is 9.94. The van der Waals surface area contributed by atoms with Gasteiger partial charge in [-0.25, -0.2) is 8.78 Å². The first-order chi connectivity index (χ1) is 7.58. The van der Waals surface area contributed by atoms with Gasteiger partial charge in [-0.2, -0.15) is 0 Å². The molecule has 0 amide bonds. The van der Waals surface area contributed by atoms with E-state index in [-0.39, 0.29) is 16.8 Å². The minimum Gasteiger partial charge on any atom is -0.383 e. The van der Waals surface area contributed by atoms with Crippen LogP contribution in [0.3, 0.4) is 0 Å². The minimum absolute atomic E-state index is 0.0343. The second-order valence-corrected chi connectivity index (χ2v) is 3.86. The van der Waals surface area contributed by atoms with Crippen LogP contribution in [0.25, 0.3) is 0 Å². The van der Waals surface area contributed by atoms with Gasteiger partial charge in [-0.1, -0.05) is 18.5 Å². The molecule has 2 nitrogen and oxygen atoms in total. The van der Waals surface area contributed by atoms with Gasteiger partial charge in [0.25, 0.3) is 0 Å². The van der Waals surface area contributed by atoms with E-state index in [2.05, 4.69) is 5.32 Å². The van der Waals surface area contributed by atoms with Crippen LogP contribution in [0.1, 0.15) is 13.3 Å². The highest BCUT2D eigenvalue weighted by Crippen LogP contribution is 2.27. The summed E-state index contributed by atoms with van der Waals surface area (Å²) in [7, 11) is 1.56. The zero-order valence-electron chi connectivity index (χ0n) is 9.19. The Balaban J connectivity index is 2.87. The van der Waals surface area contributed by atoms with E-state index < -0.39 is 11.6 Å². The first-order valence-electron chi connectivity index (χ1n) is 4.98. The van der Waals surface area contributed by atoms with Crippen LogP contribution in [-0.2, 0) is 4.74 Å². The Labute approximate surface area is 98.6 Å². The maximum Gasteiger partial charge on any atom is 0.150 e. The molecule has 0 aliphatic heterocycles. The largest absolute Gasteiger partial charge is 0.383 e. The van der Waals surface area contributed by atoms with Crippen LogP contribution in [0.4, 0.5) is 14.5 Å². The van der Waals surface area contributed by atoms with Gasteiger partial charge < -0.3 is 10.1 Å². The highest BCUT2D eigenvalue weighted by Gasteiger charge is 2.13. The zero-order chi connectivity index (χ0) is 12.1. The Hall–Kier alpha value is -0.870. The molecule has 1 atom stereocenters. The molecule has 0 radical (unpaired) electrons. The molecule has 0 bridgehead atoms. The molecule has 0 aliphatic carbocycles. The van der Waals surface area contributed by atoms with Gasteiger partial charge in [0.2, 0.25) is 0 Å². The Morgan fingerprint density at radius 1 is 1.44 bits per heavy atom. The van der Waals surface area contributed by atoms with Crippen LogP contribution in [0.5, 0.6) is 0 Å². The lowest BCUT2D eigenvalue weighted by Crippen LogP contribution is -2.24. The number of methoxy groups -OCH3 is 1. The van der Waals surface area contributed by atoms with Crippen LogP contribution in [0.15, 0.2) is 12.1 Å².